The van der Waals surface area contributed by atoms with Crippen LogP contribution < -0.4 is 4.90 Å². The van der Waals surface area contributed by atoms with E-state index < -0.39 is 12.1 Å². The summed E-state index contributed by atoms with van der Waals surface area (Å²) in [6, 6.07) is 2.08. The molecule has 6 heteroatoms. The maximum absolute atomic E-state index is 11.0. The van der Waals surface area contributed by atoms with E-state index in [1.807, 2.05) is 6.92 Å². The van der Waals surface area contributed by atoms with Gasteiger partial charge in [-0.1, -0.05) is 0 Å². The van der Waals surface area contributed by atoms with Crippen LogP contribution in [0.25, 0.3) is 0 Å². The van der Waals surface area contributed by atoms with E-state index in [9.17, 15) is 4.79 Å². The second-order valence-electron chi connectivity index (χ2n) is 7.40. The third kappa shape index (κ3) is 3.24. The van der Waals surface area contributed by atoms with Gasteiger partial charge < -0.3 is 14.7 Å². The smallest absolute Gasteiger partial charge is 0.332 e. The molecule has 0 spiro atoms. The Bertz CT molecular complexity index is 624. The molecule has 1 N–H and O–H groups in total. The summed E-state index contributed by atoms with van der Waals surface area (Å²) in [5.74, 6) is 2.28. The SMILES string of the molecule is Cc1cc(N2CCC([C@@H]3CC[C@H](C(=O)O)O3)CC2)nc(C2CC2)n1. The zero-order valence-electron chi connectivity index (χ0n) is 14.1. The lowest BCUT2D eigenvalue weighted by Crippen LogP contribution is -2.38. The lowest BCUT2D eigenvalue weighted by Gasteiger charge is -2.35. The van der Waals surface area contributed by atoms with Crippen LogP contribution in [0.4, 0.5) is 5.82 Å². The average Bonchev–Trinajstić information content (AvgIpc) is 3.31. The normalized spacial score (nSPS) is 28.3. The highest BCUT2D eigenvalue weighted by atomic mass is 16.5. The Morgan fingerprint density at radius 3 is 2.54 bits per heavy atom. The van der Waals surface area contributed by atoms with Gasteiger partial charge in [-0.25, -0.2) is 14.8 Å². The summed E-state index contributed by atoms with van der Waals surface area (Å²) in [7, 11) is 0. The van der Waals surface area contributed by atoms with Crippen molar-refractivity contribution in [3.63, 3.8) is 0 Å². The molecule has 0 radical (unpaired) electrons. The molecule has 6 nitrogen and oxygen atoms in total. The Balaban J connectivity index is 1.37. The number of carboxylic acid groups (broad SMARTS) is 1. The van der Waals surface area contributed by atoms with Gasteiger partial charge in [-0.3, -0.25) is 0 Å². The van der Waals surface area contributed by atoms with Crippen molar-refractivity contribution < 1.29 is 14.6 Å². The van der Waals surface area contributed by atoms with Crippen LogP contribution in [0.1, 0.15) is 56.0 Å². The van der Waals surface area contributed by atoms with Crippen LogP contribution in [0.3, 0.4) is 0 Å². The fourth-order valence-electron chi connectivity index (χ4n) is 3.95. The number of aromatic nitrogens is 2. The Kier molecular flexibility index (Phi) is 4.16. The van der Waals surface area contributed by atoms with Gasteiger partial charge in [0.15, 0.2) is 6.10 Å². The van der Waals surface area contributed by atoms with Gasteiger partial charge in [-0.15, -0.1) is 0 Å². The van der Waals surface area contributed by atoms with Crippen molar-refractivity contribution in [2.75, 3.05) is 18.0 Å². The molecule has 3 fully saturated rings. The number of aryl methyl sites for hydroxylation is 1. The Hall–Kier alpha value is -1.69. The number of hydrogen-bond donors (Lipinski definition) is 1. The van der Waals surface area contributed by atoms with E-state index in [1.54, 1.807) is 0 Å². The molecule has 0 unspecified atom stereocenters. The number of aliphatic carboxylic acids is 1. The molecule has 3 heterocycles. The molecule has 1 aromatic heterocycles. The number of hydrogen-bond acceptors (Lipinski definition) is 5. The van der Waals surface area contributed by atoms with Gasteiger partial charge in [0.2, 0.25) is 0 Å². The molecule has 4 rings (SSSR count). The first kappa shape index (κ1) is 15.8. The minimum absolute atomic E-state index is 0.113. The van der Waals surface area contributed by atoms with Crippen LogP contribution in [-0.2, 0) is 9.53 Å². The molecule has 3 aliphatic rings. The summed E-state index contributed by atoms with van der Waals surface area (Å²) < 4.78 is 5.74. The van der Waals surface area contributed by atoms with Crippen molar-refractivity contribution in [3.8, 4) is 0 Å². The minimum atomic E-state index is -0.820. The third-order valence-corrected chi connectivity index (χ3v) is 5.52. The number of carbonyl (C=O) groups is 1. The van der Waals surface area contributed by atoms with Crippen molar-refractivity contribution >= 4 is 11.8 Å². The maximum Gasteiger partial charge on any atom is 0.332 e. The van der Waals surface area contributed by atoms with Gasteiger partial charge in [0.25, 0.3) is 0 Å². The first-order chi connectivity index (χ1) is 11.6. The highest BCUT2D eigenvalue weighted by Gasteiger charge is 2.37. The molecule has 24 heavy (non-hydrogen) atoms. The van der Waals surface area contributed by atoms with E-state index in [4.69, 9.17) is 14.8 Å². The van der Waals surface area contributed by atoms with E-state index in [-0.39, 0.29) is 6.10 Å². The average molecular weight is 331 g/mol. The third-order valence-electron chi connectivity index (χ3n) is 5.52. The fraction of sp³-hybridized carbons (Fsp3) is 0.722. The van der Waals surface area contributed by atoms with Crippen molar-refractivity contribution in [2.45, 2.75) is 63.6 Å². The van der Waals surface area contributed by atoms with Crippen LogP contribution in [0, 0.1) is 12.8 Å². The zero-order chi connectivity index (χ0) is 16.7. The molecule has 0 amide bonds. The summed E-state index contributed by atoms with van der Waals surface area (Å²) in [4.78, 5) is 22.8. The number of piperidine rings is 1. The van der Waals surface area contributed by atoms with Crippen molar-refractivity contribution in [1.82, 2.24) is 9.97 Å². The number of nitrogens with zero attached hydrogens (tertiary/aromatic N) is 3. The van der Waals surface area contributed by atoms with Gasteiger partial charge in [-0.05, 0) is 51.4 Å². The fourth-order valence-corrected chi connectivity index (χ4v) is 3.95. The first-order valence-electron chi connectivity index (χ1n) is 9.09. The highest BCUT2D eigenvalue weighted by Crippen LogP contribution is 2.39. The molecule has 0 bridgehead atoms. The predicted molar refractivity (Wildman–Crippen MR) is 89.2 cm³/mol. The van der Waals surface area contributed by atoms with E-state index in [1.165, 1.54) is 12.8 Å². The molecule has 2 aliphatic heterocycles. The minimum Gasteiger partial charge on any atom is -0.479 e. The van der Waals surface area contributed by atoms with Crippen LogP contribution in [-0.4, -0.2) is 46.3 Å². The molecule has 2 saturated heterocycles. The number of carboxylic acids is 1. The van der Waals surface area contributed by atoms with Crippen molar-refractivity contribution in [2.24, 2.45) is 5.92 Å². The number of ether oxygens (including phenoxy) is 1. The lowest BCUT2D eigenvalue weighted by atomic mass is 9.90. The summed E-state index contributed by atoms with van der Waals surface area (Å²) >= 11 is 0. The van der Waals surface area contributed by atoms with E-state index in [2.05, 4.69) is 16.0 Å². The van der Waals surface area contributed by atoms with Crippen molar-refractivity contribution in [3.05, 3.63) is 17.6 Å². The van der Waals surface area contributed by atoms with E-state index >= 15 is 0 Å². The van der Waals surface area contributed by atoms with Crippen LogP contribution >= 0.6 is 0 Å². The molecule has 1 aromatic rings. The Labute approximate surface area is 142 Å². The lowest BCUT2D eigenvalue weighted by molar-refractivity contribution is -0.150. The van der Waals surface area contributed by atoms with Gasteiger partial charge in [-0.2, -0.15) is 0 Å². The quantitative estimate of drug-likeness (QED) is 0.913. The second-order valence-corrected chi connectivity index (χ2v) is 7.40. The van der Waals surface area contributed by atoms with Crippen LogP contribution in [0.15, 0.2) is 6.07 Å². The number of anilines is 1. The summed E-state index contributed by atoms with van der Waals surface area (Å²) in [5.41, 5.74) is 1.05. The van der Waals surface area contributed by atoms with Gasteiger partial charge in [0.1, 0.15) is 11.6 Å². The number of rotatable bonds is 4. The first-order valence-corrected chi connectivity index (χ1v) is 9.09. The molecular formula is C18H25N3O3. The van der Waals surface area contributed by atoms with Gasteiger partial charge >= 0.3 is 5.97 Å². The summed E-state index contributed by atoms with van der Waals surface area (Å²) in [6.45, 7) is 3.97. The van der Waals surface area contributed by atoms with Gasteiger partial charge in [0.05, 0.1) is 6.10 Å². The topological polar surface area (TPSA) is 75.6 Å². The molecule has 0 aromatic carbocycles. The Morgan fingerprint density at radius 1 is 1.17 bits per heavy atom. The van der Waals surface area contributed by atoms with Crippen LogP contribution in [0.2, 0.25) is 0 Å². The van der Waals surface area contributed by atoms with Crippen LogP contribution in [0.5, 0.6) is 0 Å². The largest absolute Gasteiger partial charge is 0.479 e. The van der Waals surface area contributed by atoms with E-state index in [0.717, 1.165) is 49.7 Å². The monoisotopic (exact) mass is 331 g/mol. The second kappa shape index (κ2) is 6.31. The molecule has 1 aliphatic carbocycles. The van der Waals surface area contributed by atoms with E-state index in [0.29, 0.717) is 18.3 Å². The molecular weight excluding hydrogens is 306 g/mol. The zero-order valence-corrected chi connectivity index (χ0v) is 14.1. The molecule has 2 atom stereocenters. The summed E-state index contributed by atoms with van der Waals surface area (Å²) in [5, 5.41) is 9.07. The highest BCUT2D eigenvalue weighted by molar-refractivity contribution is 5.72. The Morgan fingerprint density at radius 2 is 1.92 bits per heavy atom. The van der Waals surface area contributed by atoms with Crippen molar-refractivity contribution in [1.29, 1.82) is 0 Å². The molecule has 130 valence electrons. The standard InChI is InChI=1S/C18H25N3O3/c1-11-10-16(20-17(19-11)13-2-3-13)21-8-6-12(7-9-21)14-4-5-15(24-14)18(22)23/h10,12-15H,2-9H2,1H3,(H,22,23)/t14-,15+/m0/s1. The summed E-state index contributed by atoms with van der Waals surface area (Å²) in [6.07, 6.45) is 5.55. The maximum atomic E-state index is 11.0. The predicted octanol–water partition coefficient (Wildman–Crippen LogP) is 2.51. The molecule has 1 saturated carbocycles. The van der Waals surface area contributed by atoms with Gasteiger partial charge in [0, 0.05) is 30.8 Å².